The van der Waals surface area contributed by atoms with E-state index >= 15 is 0 Å². The highest BCUT2D eigenvalue weighted by molar-refractivity contribution is 14.1. The number of anilines is 1. The number of rotatable bonds is 3. The molecule has 1 aromatic carbocycles. The highest BCUT2D eigenvalue weighted by atomic mass is 127. The third kappa shape index (κ3) is 2.78. The lowest BCUT2D eigenvalue weighted by atomic mass is 10.2. The molecule has 3 rings (SSSR count). The highest BCUT2D eigenvalue weighted by Crippen LogP contribution is 2.35. The Bertz CT molecular complexity index is 447. The van der Waals surface area contributed by atoms with Gasteiger partial charge in [-0.1, -0.05) is 11.6 Å². The fourth-order valence-electron chi connectivity index (χ4n) is 2.90. The van der Waals surface area contributed by atoms with E-state index in [2.05, 4.69) is 51.9 Å². The molecule has 1 N–H and O–H groups in total. The first kappa shape index (κ1) is 13.0. The summed E-state index contributed by atoms with van der Waals surface area (Å²) in [6.45, 7) is 3.50. The fourth-order valence-corrected chi connectivity index (χ4v) is 3.81. The predicted molar refractivity (Wildman–Crippen MR) is 85.4 cm³/mol. The van der Waals surface area contributed by atoms with Gasteiger partial charge < -0.3 is 5.32 Å². The van der Waals surface area contributed by atoms with Gasteiger partial charge in [-0.3, -0.25) is 4.90 Å². The quantitative estimate of drug-likeness (QED) is 0.803. The maximum atomic E-state index is 6.27. The van der Waals surface area contributed by atoms with Gasteiger partial charge in [-0.15, -0.1) is 0 Å². The Morgan fingerprint density at radius 3 is 2.83 bits per heavy atom. The van der Waals surface area contributed by atoms with Crippen LogP contribution in [0.1, 0.15) is 26.2 Å². The van der Waals surface area contributed by atoms with Crippen LogP contribution in [0.4, 0.5) is 5.69 Å². The van der Waals surface area contributed by atoms with Crippen LogP contribution in [0, 0.1) is 3.57 Å². The van der Waals surface area contributed by atoms with E-state index in [0.717, 1.165) is 23.3 Å². The minimum absolute atomic E-state index is 0.540. The summed E-state index contributed by atoms with van der Waals surface area (Å²) in [7, 11) is 0. The van der Waals surface area contributed by atoms with Crippen molar-refractivity contribution in [1.82, 2.24) is 4.90 Å². The van der Waals surface area contributed by atoms with Crippen LogP contribution in [0.3, 0.4) is 0 Å². The first-order valence-corrected chi connectivity index (χ1v) is 8.06. The molecule has 2 fully saturated rings. The van der Waals surface area contributed by atoms with E-state index in [1.165, 1.54) is 22.8 Å². The van der Waals surface area contributed by atoms with E-state index in [-0.39, 0.29) is 0 Å². The molecule has 0 bridgehead atoms. The molecule has 1 aliphatic carbocycles. The third-order valence-corrected chi connectivity index (χ3v) is 4.91. The number of halogens is 2. The monoisotopic (exact) mass is 376 g/mol. The smallest absolute Gasteiger partial charge is 0.0648 e. The van der Waals surface area contributed by atoms with E-state index in [9.17, 15) is 0 Å². The third-order valence-electron chi connectivity index (χ3n) is 3.93. The standard InChI is InChI=1S/C14H18ClIN2/c1-9-6-11(8-18(9)12-3-4-12)17-14-5-2-10(16)7-13(14)15/h2,5,7,9,11-12,17H,3-4,6,8H2,1H3. The highest BCUT2D eigenvalue weighted by Gasteiger charge is 2.38. The lowest BCUT2D eigenvalue weighted by molar-refractivity contribution is 0.257. The number of likely N-dealkylation sites (tertiary alicyclic amines) is 1. The van der Waals surface area contributed by atoms with Crippen LogP contribution in [0.5, 0.6) is 0 Å². The molecule has 1 saturated heterocycles. The van der Waals surface area contributed by atoms with Gasteiger partial charge in [0.1, 0.15) is 0 Å². The topological polar surface area (TPSA) is 15.3 Å². The van der Waals surface area contributed by atoms with Crippen molar-refractivity contribution >= 4 is 39.9 Å². The Morgan fingerprint density at radius 1 is 1.39 bits per heavy atom. The molecule has 0 amide bonds. The normalized spacial score (nSPS) is 28.6. The molecule has 1 aliphatic heterocycles. The number of nitrogens with zero attached hydrogens (tertiary/aromatic N) is 1. The number of nitrogens with one attached hydrogen (secondary N) is 1. The average molecular weight is 377 g/mol. The van der Waals surface area contributed by atoms with Crippen molar-refractivity contribution in [3.63, 3.8) is 0 Å². The SMILES string of the molecule is CC1CC(Nc2ccc(I)cc2Cl)CN1C1CC1. The summed E-state index contributed by atoms with van der Waals surface area (Å²) >= 11 is 8.56. The maximum Gasteiger partial charge on any atom is 0.0648 e. The van der Waals surface area contributed by atoms with E-state index < -0.39 is 0 Å². The van der Waals surface area contributed by atoms with Gasteiger partial charge in [0.15, 0.2) is 0 Å². The van der Waals surface area contributed by atoms with Gasteiger partial charge in [0.2, 0.25) is 0 Å². The molecule has 2 nitrogen and oxygen atoms in total. The molecule has 2 unspecified atom stereocenters. The molecule has 98 valence electrons. The fraction of sp³-hybridized carbons (Fsp3) is 0.571. The van der Waals surface area contributed by atoms with Crippen LogP contribution in [-0.2, 0) is 0 Å². The minimum Gasteiger partial charge on any atom is -0.380 e. The molecular weight excluding hydrogens is 359 g/mol. The molecule has 1 aromatic rings. The summed E-state index contributed by atoms with van der Waals surface area (Å²) in [5, 5.41) is 4.44. The van der Waals surface area contributed by atoms with Crippen molar-refractivity contribution in [3.05, 3.63) is 26.8 Å². The Labute approximate surface area is 127 Å². The summed E-state index contributed by atoms with van der Waals surface area (Å²) in [6.07, 6.45) is 4.00. The van der Waals surface area contributed by atoms with Crippen molar-refractivity contribution in [2.45, 2.75) is 44.3 Å². The van der Waals surface area contributed by atoms with Crippen molar-refractivity contribution in [2.24, 2.45) is 0 Å². The van der Waals surface area contributed by atoms with Gasteiger partial charge in [0.25, 0.3) is 0 Å². The molecule has 18 heavy (non-hydrogen) atoms. The second-order valence-electron chi connectivity index (χ2n) is 5.48. The largest absolute Gasteiger partial charge is 0.380 e. The molecule has 0 radical (unpaired) electrons. The Balaban J connectivity index is 1.66. The molecule has 0 aromatic heterocycles. The van der Waals surface area contributed by atoms with E-state index in [0.29, 0.717) is 12.1 Å². The van der Waals surface area contributed by atoms with Gasteiger partial charge in [0, 0.05) is 28.2 Å². The lowest BCUT2D eigenvalue weighted by Gasteiger charge is -2.20. The van der Waals surface area contributed by atoms with Gasteiger partial charge >= 0.3 is 0 Å². The van der Waals surface area contributed by atoms with Crippen LogP contribution >= 0.6 is 34.2 Å². The van der Waals surface area contributed by atoms with E-state index in [4.69, 9.17) is 11.6 Å². The zero-order valence-corrected chi connectivity index (χ0v) is 13.4. The molecule has 1 saturated carbocycles. The summed E-state index contributed by atoms with van der Waals surface area (Å²) in [6, 6.07) is 8.32. The molecule has 2 aliphatic rings. The number of benzene rings is 1. The van der Waals surface area contributed by atoms with Gasteiger partial charge in [0.05, 0.1) is 10.7 Å². The van der Waals surface area contributed by atoms with Crippen LogP contribution in [0.2, 0.25) is 5.02 Å². The summed E-state index contributed by atoms with van der Waals surface area (Å²) in [5.41, 5.74) is 1.08. The second kappa shape index (κ2) is 5.17. The van der Waals surface area contributed by atoms with Crippen LogP contribution in [0.15, 0.2) is 18.2 Å². The lowest BCUT2D eigenvalue weighted by Crippen LogP contribution is -2.31. The summed E-state index contributed by atoms with van der Waals surface area (Å²) in [5.74, 6) is 0. The molecule has 1 heterocycles. The van der Waals surface area contributed by atoms with E-state index in [1.54, 1.807) is 0 Å². The van der Waals surface area contributed by atoms with Crippen molar-refractivity contribution in [1.29, 1.82) is 0 Å². The van der Waals surface area contributed by atoms with Gasteiger partial charge in [-0.25, -0.2) is 0 Å². The van der Waals surface area contributed by atoms with Crippen LogP contribution in [0.25, 0.3) is 0 Å². The zero-order chi connectivity index (χ0) is 12.7. The number of hydrogen-bond acceptors (Lipinski definition) is 2. The zero-order valence-electron chi connectivity index (χ0n) is 10.5. The summed E-state index contributed by atoms with van der Waals surface area (Å²) < 4.78 is 1.18. The van der Waals surface area contributed by atoms with E-state index in [1.807, 2.05) is 6.07 Å². The second-order valence-corrected chi connectivity index (χ2v) is 7.13. The first-order chi connectivity index (χ1) is 8.63. The van der Waals surface area contributed by atoms with Gasteiger partial charge in [-0.05, 0) is 67.0 Å². The maximum absolute atomic E-state index is 6.27. The molecule has 2 atom stereocenters. The first-order valence-electron chi connectivity index (χ1n) is 6.61. The minimum atomic E-state index is 0.540. The Kier molecular flexibility index (Phi) is 3.74. The van der Waals surface area contributed by atoms with Crippen LogP contribution in [-0.4, -0.2) is 29.6 Å². The average Bonchev–Trinajstić information content (AvgIpc) is 3.08. The molecule has 4 heteroatoms. The Hall–Kier alpha value is -0.000000000000000132. The predicted octanol–water partition coefficient (Wildman–Crippen LogP) is 3.98. The number of hydrogen-bond donors (Lipinski definition) is 1. The summed E-state index contributed by atoms with van der Waals surface area (Å²) in [4.78, 5) is 2.65. The van der Waals surface area contributed by atoms with Crippen molar-refractivity contribution in [2.75, 3.05) is 11.9 Å². The molecule has 0 spiro atoms. The van der Waals surface area contributed by atoms with Gasteiger partial charge in [-0.2, -0.15) is 0 Å². The Morgan fingerprint density at radius 2 is 2.17 bits per heavy atom. The molecular formula is C14H18ClIN2. The van der Waals surface area contributed by atoms with Crippen LogP contribution < -0.4 is 5.32 Å². The van der Waals surface area contributed by atoms with Crippen molar-refractivity contribution in [3.8, 4) is 0 Å². The van der Waals surface area contributed by atoms with Crippen molar-refractivity contribution < 1.29 is 0 Å².